The van der Waals surface area contributed by atoms with Gasteiger partial charge in [-0.2, -0.15) is 0 Å². The van der Waals surface area contributed by atoms with E-state index in [9.17, 15) is 20.1 Å². The molecule has 204 valence electrons. The van der Waals surface area contributed by atoms with Gasteiger partial charge in [0.1, 0.15) is 6.10 Å². The molecule has 0 heterocycles. The number of ether oxygens (including phenoxy) is 1. The fourth-order valence-electron chi connectivity index (χ4n) is 9.23. The standard InChI is InChI=1S/C30H43O6P/c1-16-20(32)15-30(34)23(18-10-8-7-9-11-18)25-28(5)13-12-19(28)14-21(36-37)29(25,6)26(33)24(35-17(2)31)22(16)27(30,3)4/h7-11,19-21,23-26,32-34H,12-15,37H2,1-6H3/t19-,20+,21+,23?,24-,25?,26+,28-,29-,30-/m1/s1. The van der Waals surface area contributed by atoms with E-state index in [0.29, 0.717) is 17.1 Å². The quantitative estimate of drug-likeness (QED) is 0.302. The molecule has 0 aliphatic heterocycles. The second-order valence-electron chi connectivity index (χ2n) is 13.2. The van der Waals surface area contributed by atoms with Crippen LogP contribution in [0.25, 0.3) is 0 Å². The molecule has 6 nitrogen and oxygen atoms in total. The van der Waals surface area contributed by atoms with Gasteiger partial charge in [0.15, 0.2) is 6.10 Å². The zero-order chi connectivity index (χ0) is 27.1. The van der Waals surface area contributed by atoms with Crippen molar-refractivity contribution in [2.75, 3.05) is 0 Å². The van der Waals surface area contributed by atoms with Gasteiger partial charge in [0.25, 0.3) is 0 Å². The fraction of sp³-hybridized carbons (Fsp3) is 0.700. The predicted octanol–water partition coefficient (Wildman–Crippen LogP) is 4.53. The third kappa shape index (κ3) is 3.52. The van der Waals surface area contributed by atoms with Gasteiger partial charge >= 0.3 is 5.97 Å². The van der Waals surface area contributed by atoms with Crippen molar-refractivity contribution in [2.45, 2.75) is 103 Å². The molecular formula is C30H43O6P. The molecule has 11 atom stereocenters. The average molecular weight is 531 g/mol. The van der Waals surface area contributed by atoms with Crippen LogP contribution >= 0.6 is 9.47 Å². The van der Waals surface area contributed by atoms with Crippen LogP contribution in [0.1, 0.15) is 78.7 Å². The second-order valence-corrected chi connectivity index (χ2v) is 13.4. The van der Waals surface area contributed by atoms with Crippen LogP contribution in [-0.4, -0.2) is 51.3 Å². The summed E-state index contributed by atoms with van der Waals surface area (Å²) in [7, 11) is 2.41. The number of fused-ring (bicyclic) bond motifs is 5. The highest BCUT2D eigenvalue weighted by Gasteiger charge is 2.73. The van der Waals surface area contributed by atoms with Crippen molar-refractivity contribution >= 4 is 15.4 Å². The first-order valence-electron chi connectivity index (χ1n) is 13.6. The van der Waals surface area contributed by atoms with Crippen LogP contribution < -0.4 is 0 Å². The molecule has 2 bridgehead atoms. The van der Waals surface area contributed by atoms with Gasteiger partial charge in [0.2, 0.25) is 0 Å². The summed E-state index contributed by atoms with van der Waals surface area (Å²) in [5, 5.41) is 36.9. The van der Waals surface area contributed by atoms with Crippen LogP contribution in [0.2, 0.25) is 0 Å². The summed E-state index contributed by atoms with van der Waals surface area (Å²) in [5.41, 5.74) is -1.04. The van der Waals surface area contributed by atoms with Crippen LogP contribution in [-0.2, 0) is 14.1 Å². The number of aliphatic hydroxyl groups is 3. The summed E-state index contributed by atoms with van der Waals surface area (Å²) >= 11 is 0. The highest BCUT2D eigenvalue weighted by atomic mass is 31.0. The molecule has 1 aromatic carbocycles. The number of benzene rings is 1. The van der Waals surface area contributed by atoms with Gasteiger partial charge in [0.05, 0.1) is 17.8 Å². The first-order valence-corrected chi connectivity index (χ1v) is 14.1. The SMILES string of the molecule is CC(=O)O[C@@H]1C2=C(C)[C@@H](O)C[C@@](O)(C(c3ccccc3)C3[C@@](C)([C@@H](OP)C[C@H]4CC[C@@]34C)[C@H]1O)C2(C)C. The smallest absolute Gasteiger partial charge is 0.303 e. The number of aliphatic hydroxyl groups excluding tert-OH is 2. The topological polar surface area (TPSA) is 96.2 Å². The van der Waals surface area contributed by atoms with Gasteiger partial charge in [0, 0.05) is 39.6 Å². The van der Waals surface area contributed by atoms with E-state index < -0.39 is 46.6 Å². The number of hydrogen-bond donors (Lipinski definition) is 3. The Kier molecular flexibility index (Phi) is 6.53. The lowest BCUT2D eigenvalue weighted by Crippen LogP contribution is -2.73. The van der Waals surface area contributed by atoms with Gasteiger partial charge in [-0.25, -0.2) is 0 Å². The summed E-state index contributed by atoms with van der Waals surface area (Å²) < 4.78 is 12.0. The fourth-order valence-corrected chi connectivity index (χ4v) is 9.64. The molecule has 0 amide bonds. The van der Waals surface area contributed by atoms with E-state index >= 15 is 0 Å². The lowest BCUT2D eigenvalue weighted by molar-refractivity contribution is -0.265. The average Bonchev–Trinajstić information content (AvgIpc) is 2.83. The van der Waals surface area contributed by atoms with E-state index in [0.717, 1.165) is 24.8 Å². The predicted molar refractivity (Wildman–Crippen MR) is 144 cm³/mol. The maximum absolute atomic E-state index is 13.1. The maximum atomic E-state index is 13.1. The Morgan fingerprint density at radius 1 is 1.11 bits per heavy atom. The van der Waals surface area contributed by atoms with Crippen LogP contribution in [0.4, 0.5) is 0 Å². The molecular weight excluding hydrogens is 487 g/mol. The Balaban J connectivity index is 1.89. The number of rotatable bonds is 3. The van der Waals surface area contributed by atoms with Crippen molar-refractivity contribution in [3.63, 3.8) is 0 Å². The Morgan fingerprint density at radius 2 is 1.76 bits per heavy atom. The molecule has 1 aromatic rings. The summed E-state index contributed by atoms with van der Waals surface area (Å²) in [5.74, 6) is -0.714. The van der Waals surface area contributed by atoms with Gasteiger partial charge in [-0.05, 0) is 60.1 Å². The van der Waals surface area contributed by atoms with Crippen LogP contribution in [0.3, 0.4) is 0 Å². The highest BCUT2D eigenvalue weighted by Crippen LogP contribution is 2.73. The van der Waals surface area contributed by atoms with Crippen LogP contribution in [0.5, 0.6) is 0 Å². The molecule has 3 unspecified atom stereocenters. The van der Waals surface area contributed by atoms with Crippen LogP contribution in [0, 0.1) is 28.1 Å². The van der Waals surface area contributed by atoms with Crippen molar-refractivity contribution in [1.82, 2.24) is 0 Å². The normalized spacial score (nSPS) is 46.6. The number of esters is 1. The summed E-state index contributed by atoms with van der Waals surface area (Å²) in [4.78, 5) is 12.5. The van der Waals surface area contributed by atoms with Gasteiger partial charge in [-0.1, -0.05) is 58.0 Å². The molecule has 5 rings (SSSR count). The highest BCUT2D eigenvalue weighted by molar-refractivity contribution is 7.09. The first kappa shape index (κ1) is 27.3. The largest absolute Gasteiger partial charge is 0.455 e. The number of carbonyl (C=O) groups excluding carboxylic acids is 1. The molecule has 3 saturated carbocycles. The monoisotopic (exact) mass is 530 g/mol. The summed E-state index contributed by atoms with van der Waals surface area (Å²) in [6, 6.07) is 10.1. The van der Waals surface area contributed by atoms with E-state index in [1.165, 1.54) is 6.92 Å². The van der Waals surface area contributed by atoms with Crippen molar-refractivity contribution in [1.29, 1.82) is 0 Å². The molecule has 0 saturated heterocycles. The molecule has 3 N–H and O–H groups in total. The van der Waals surface area contributed by atoms with Crippen molar-refractivity contribution in [3.05, 3.63) is 47.0 Å². The lowest BCUT2D eigenvalue weighted by atomic mass is 9.35. The Morgan fingerprint density at radius 3 is 2.30 bits per heavy atom. The summed E-state index contributed by atoms with van der Waals surface area (Å²) in [6.07, 6.45) is -0.341. The lowest BCUT2D eigenvalue weighted by Gasteiger charge is -2.71. The zero-order valence-corrected chi connectivity index (χ0v) is 24.1. The second kappa shape index (κ2) is 8.86. The van der Waals surface area contributed by atoms with E-state index in [2.05, 4.69) is 35.4 Å². The summed E-state index contributed by atoms with van der Waals surface area (Å²) in [6.45, 7) is 11.5. The first-order chi connectivity index (χ1) is 17.2. The van der Waals surface area contributed by atoms with E-state index in [1.54, 1.807) is 0 Å². The third-order valence-corrected chi connectivity index (χ3v) is 11.7. The molecule has 3 fully saturated rings. The number of hydrogen-bond acceptors (Lipinski definition) is 6. The van der Waals surface area contributed by atoms with Gasteiger partial charge in [-0.3, -0.25) is 4.79 Å². The minimum absolute atomic E-state index is 0.164. The molecule has 0 spiro atoms. The molecule has 0 aromatic heterocycles. The molecule has 4 aliphatic carbocycles. The van der Waals surface area contributed by atoms with Crippen LogP contribution in [0.15, 0.2) is 41.5 Å². The molecule has 37 heavy (non-hydrogen) atoms. The van der Waals surface area contributed by atoms with Gasteiger partial charge in [-0.15, -0.1) is 0 Å². The Bertz CT molecular complexity index is 1100. The molecule has 7 heteroatoms. The van der Waals surface area contributed by atoms with E-state index in [-0.39, 0.29) is 23.9 Å². The van der Waals surface area contributed by atoms with E-state index in [1.807, 2.05) is 39.0 Å². The van der Waals surface area contributed by atoms with Crippen molar-refractivity contribution in [3.8, 4) is 0 Å². The minimum Gasteiger partial charge on any atom is -0.455 e. The Hall–Kier alpha value is -1.30. The van der Waals surface area contributed by atoms with Crippen molar-refractivity contribution < 1.29 is 29.4 Å². The zero-order valence-electron chi connectivity index (χ0n) is 22.9. The maximum Gasteiger partial charge on any atom is 0.303 e. The van der Waals surface area contributed by atoms with Gasteiger partial charge < -0.3 is 24.6 Å². The van der Waals surface area contributed by atoms with Crippen molar-refractivity contribution in [2.24, 2.45) is 28.1 Å². The number of carbonyl (C=O) groups is 1. The molecule has 4 aliphatic rings. The molecule has 0 radical (unpaired) electrons. The third-order valence-electron chi connectivity index (χ3n) is 11.4. The minimum atomic E-state index is -1.38. The Labute approximate surface area is 223 Å². The van der Waals surface area contributed by atoms with E-state index in [4.69, 9.17) is 9.26 Å².